The molecule has 1 N–H and O–H groups in total. The number of ether oxygens (including phenoxy) is 1. The van der Waals surface area contributed by atoms with Crippen LogP contribution in [-0.4, -0.2) is 39.0 Å². The highest BCUT2D eigenvalue weighted by Gasteiger charge is 2.32. The number of amides is 1. The average Bonchev–Trinajstić information content (AvgIpc) is 2.86. The fourth-order valence-corrected chi connectivity index (χ4v) is 4.27. The van der Waals surface area contributed by atoms with Gasteiger partial charge in [0, 0.05) is 6.54 Å². The standard InChI is InChI=1S/C16H23NO4S/c1-2-10-21-15-6-4-3-5-13(15)7-9-17-16(18)14-8-11-22(19,20)12-14/h3-6,14H,2,7-12H2,1H3,(H,17,18). The molecule has 1 heterocycles. The van der Waals surface area contributed by atoms with Crippen molar-refractivity contribution in [1.29, 1.82) is 0 Å². The number of benzene rings is 1. The van der Waals surface area contributed by atoms with Crippen molar-refractivity contribution in [1.82, 2.24) is 5.32 Å². The third kappa shape index (κ3) is 4.73. The van der Waals surface area contributed by atoms with Gasteiger partial charge in [-0.2, -0.15) is 0 Å². The molecule has 0 spiro atoms. The van der Waals surface area contributed by atoms with Crippen molar-refractivity contribution in [3.05, 3.63) is 29.8 Å². The minimum Gasteiger partial charge on any atom is -0.493 e. The normalized spacial score (nSPS) is 19.8. The van der Waals surface area contributed by atoms with Gasteiger partial charge >= 0.3 is 0 Å². The molecule has 1 unspecified atom stereocenters. The second-order valence-corrected chi connectivity index (χ2v) is 7.83. The summed E-state index contributed by atoms with van der Waals surface area (Å²) in [6.45, 7) is 3.21. The quantitative estimate of drug-likeness (QED) is 0.826. The lowest BCUT2D eigenvalue weighted by Crippen LogP contribution is -2.32. The van der Waals surface area contributed by atoms with Crippen LogP contribution >= 0.6 is 0 Å². The molecule has 122 valence electrons. The van der Waals surface area contributed by atoms with Gasteiger partial charge in [0.25, 0.3) is 0 Å². The van der Waals surface area contributed by atoms with Crippen LogP contribution in [0.2, 0.25) is 0 Å². The van der Waals surface area contributed by atoms with E-state index < -0.39 is 15.8 Å². The van der Waals surface area contributed by atoms with Gasteiger partial charge in [-0.05, 0) is 30.9 Å². The molecule has 6 heteroatoms. The summed E-state index contributed by atoms with van der Waals surface area (Å²) in [5.74, 6) is 0.403. The van der Waals surface area contributed by atoms with Gasteiger partial charge in [-0.1, -0.05) is 25.1 Å². The zero-order valence-electron chi connectivity index (χ0n) is 12.9. The summed E-state index contributed by atoms with van der Waals surface area (Å²) in [4.78, 5) is 12.0. The SMILES string of the molecule is CCCOc1ccccc1CCNC(=O)C1CCS(=O)(=O)C1. The summed E-state index contributed by atoms with van der Waals surface area (Å²) in [5, 5.41) is 2.84. The maximum absolute atomic E-state index is 12.0. The topological polar surface area (TPSA) is 72.5 Å². The first kappa shape index (κ1) is 16.8. The first-order chi connectivity index (χ1) is 10.5. The van der Waals surface area contributed by atoms with Crippen LogP contribution in [0, 0.1) is 5.92 Å². The monoisotopic (exact) mass is 325 g/mol. The lowest BCUT2D eigenvalue weighted by Gasteiger charge is -2.12. The van der Waals surface area contributed by atoms with E-state index in [2.05, 4.69) is 12.2 Å². The number of carbonyl (C=O) groups excluding carboxylic acids is 1. The maximum atomic E-state index is 12.0. The predicted molar refractivity (Wildman–Crippen MR) is 85.7 cm³/mol. The van der Waals surface area contributed by atoms with Crippen molar-refractivity contribution < 1.29 is 17.9 Å². The number of hydrogen-bond acceptors (Lipinski definition) is 4. The Morgan fingerprint density at radius 2 is 2.14 bits per heavy atom. The van der Waals surface area contributed by atoms with E-state index in [0.29, 0.717) is 26.0 Å². The number of rotatable bonds is 7. The van der Waals surface area contributed by atoms with E-state index in [1.165, 1.54) is 0 Å². The summed E-state index contributed by atoms with van der Waals surface area (Å²) in [5.41, 5.74) is 1.05. The number of nitrogens with one attached hydrogen (secondary N) is 1. The van der Waals surface area contributed by atoms with Gasteiger partial charge in [0.05, 0.1) is 24.0 Å². The Balaban J connectivity index is 1.82. The molecule has 1 saturated heterocycles. The molecular weight excluding hydrogens is 302 g/mol. The van der Waals surface area contributed by atoms with Crippen molar-refractivity contribution in [2.45, 2.75) is 26.2 Å². The van der Waals surface area contributed by atoms with Crippen LogP contribution in [0.1, 0.15) is 25.3 Å². The lowest BCUT2D eigenvalue weighted by atomic mass is 10.1. The molecule has 0 bridgehead atoms. The van der Waals surface area contributed by atoms with Gasteiger partial charge in [-0.15, -0.1) is 0 Å². The van der Waals surface area contributed by atoms with Crippen LogP contribution in [-0.2, 0) is 21.1 Å². The molecule has 0 saturated carbocycles. The smallest absolute Gasteiger partial charge is 0.224 e. The minimum atomic E-state index is -3.02. The van der Waals surface area contributed by atoms with E-state index in [1.54, 1.807) is 0 Å². The van der Waals surface area contributed by atoms with Gasteiger partial charge in [0.15, 0.2) is 9.84 Å². The zero-order chi connectivity index (χ0) is 16.0. The van der Waals surface area contributed by atoms with Gasteiger partial charge in [-0.3, -0.25) is 4.79 Å². The first-order valence-electron chi connectivity index (χ1n) is 7.70. The fraction of sp³-hybridized carbons (Fsp3) is 0.562. The van der Waals surface area contributed by atoms with E-state index >= 15 is 0 Å². The Kier molecular flexibility index (Phi) is 5.83. The van der Waals surface area contributed by atoms with E-state index in [9.17, 15) is 13.2 Å². The Morgan fingerprint density at radius 3 is 2.82 bits per heavy atom. The van der Waals surface area contributed by atoms with Crippen molar-refractivity contribution in [3.8, 4) is 5.75 Å². The summed E-state index contributed by atoms with van der Waals surface area (Å²) in [7, 11) is -3.02. The third-order valence-corrected chi connectivity index (χ3v) is 5.50. The number of hydrogen-bond donors (Lipinski definition) is 1. The molecule has 1 aromatic rings. The molecule has 1 fully saturated rings. The number of carbonyl (C=O) groups is 1. The van der Waals surface area contributed by atoms with Gasteiger partial charge in [-0.25, -0.2) is 8.42 Å². The molecule has 1 aliphatic heterocycles. The van der Waals surface area contributed by atoms with Gasteiger partial charge in [0.2, 0.25) is 5.91 Å². The summed E-state index contributed by atoms with van der Waals surface area (Å²) >= 11 is 0. The average molecular weight is 325 g/mol. The van der Waals surface area contributed by atoms with Crippen LogP contribution < -0.4 is 10.1 Å². The maximum Gasteiger partial charge on any atom is 0.224 e. The highest BCUT2D eigenvalue weighted by molar-refractivity contribution is 7.91. The van der Waals surface area contributed by atoms with Crippen LogP contribution in [0.4, 0.5) is 0 Å². The van der Waals surface area contributed by atoms with E-state index in [4.69, 9.17) is 4.74 Å². The van der Waals surface area contributed by atoms with Crippen LogP contribution in [0.25, 0.3) is 0 Å². The second kappa shape index (κ2) is 7.63. The molecule has 1 amide bonds. The van der Waals surface area contributed by atoms with Crippen LogP contribution in [0.5, 0.6) is 5.75 Å². The molecule has 22 heavy (non-hydrogen) atoms. The summed E-state index contributed by atoms with van der Waals surface area (Å²) in [6, 6.07) is 7.78. The molecule has 1 atom stereocenters. The van der Waals surface area contributed by atoms with E-state index in [1.807, 2.05) is 24.3 Å². The number of para-hydroxylation sites is 1. The Morgan fingerprint density at radius 1 is 1.36 bits per heavy atom. The van der Waals surface area contributed by atoms with Gasteiger partial charge in [0.1, 0.15) is 5.75 Å². The molecule has 0 aliphatic carbocycles. The Bertz CT molecular complexity index is 612. The van der Waals surface area contributed by atoms with Crippen molar-refractivity contribution in [2.75, 3.05) is 24.7 Å². The van der Waals surface area contributed by atoms with Crippen LogP contribution in [0.3, 0.4) is 0 Å². The molecule has 0 aromatic heterocycles. The predicted octanol–water partition coefficient (Wildman–Crippen LogP) is 1.57. The van der Waals surface area contributed by atoms with E-state index in [-0.39, 0.29) is 17.4 Å². The zero-order valence-corrected chi connectivity index (χ0v) is 13.7. The summed E-state index contributed by atoms with van der Waals surface area (Å²) in [6.07, 6.45) is 2.05. The van der Waals surface area contributed by atoms with Crippen molar-refractivity contribution in [2.24, 2.45) is 5.92 Å². The highest BCUT2D eigenvalue weighted by Crippen LogP contribution is 2.20. The Labute approximate surface area is 132 Å². The molecular formula is C16H23NO4S. The lowest BCUT2D eigenvalue weighted by molar-refractivity contribution is -0.124. The minimum absolute atomic E-state index is 0.0188. The second-order valence-electron chi connectivity index (χ2n) is 5.60. The summed E-state index contributed by atoms with van der Waals surface area (Å²) < 4.78 is 28.5. The van der Waals surface area contributed by atoms with E-state index in [0.717, 1.165) is 17.7 Å². The largest absolute Gasteiger partial charge is 0.493 e. The van der Waals surface area contributed by atoms with Gasteiger partial charge < -0.3 is 10.1 Å². The molecule has 1 aromatic carbocycles. The first-order valence-corrected chi connectivity index (χ1v) is 9.53. The fourth-order valence-electron chi connectivity index (χ4n) is 2.53. The molecule has 1 aliphatic rings. The Hall–Kier alpha value is -1.56. The highest BCUT2D eigenvalue weighted by atomic mass is 32.2. The van der Waals surface area contributed by atoms with Crippen molar-refractivity contribution in [3.63, 3.8) is 0 Å². The molecule has 5 nitrogen and oxygen atoms in total. The molecule has 2 rings (SSSR count). The third-order valence-electron chi connectivity index (χ3n) is 3.73. The van der Waals surface area contributed by atoms with Crippen molar-refractivity contribution >= 4 is 15.7 Å². The number of sulfone groups is 1. The molecule has 0 radical (unpaired) electrons. The van der Waals surface area contributed by atoms with Crippen LogP contribution in [0.15, 0.2) is 24.3 Å².